The maximum Gasteiger partial charge on any atom is 0.242 e. The van der Waals surface area contributed by atoms with Crippen molar-refractivity contribution >= 4 is 5.91 Å². The van der Waals surface area contributed by atoms with Crippen LogP contribution >= 0.6 is 0 Å². The molecule has 29 heavy (non-hydrogen) atoms. The lowest BCUT2D eigenvalue weighted by Gasteiger charge is -2.31. The summed E-state index contributed by atoms with van der Waals surface area (Å²) >= 11 is 0. The summed E-state index contributed by atoms with van der Waals surface area (Å²) in [6, 6.07) is 15.4. The van der Waals surface area contributed by atoms with Crippen molar-refractivity contribution < 1.29 is 14.6 Å². The van der Waals surface area contributed by atoms with E-state index >= 15 is 0 Å². The molecule has 2 aliphatic rings. The molecule has 0 spiro atoms. The van der Waals surface area contributed by atoms with Gasteiger partial charge in [0.2, 0.25) is 5.91 Å². The van der Waals surface area contributed by atoms with Crippen LogP contribution < -0.4 is 10.9 Å². The van der Waals surface area contributed by atoms with Crippen molar-refractivity contribution in [1.29, 1.82) is 0 Å². The number of nitrogens with zero attached hydrogens (tertiary/aromatic N) is 1. The van der Waals surface area contributed by atoms with Crippen molar-refractivity contribution in [2.45, 2.75) is 37.9 Å². The quantitative estimate of drug-likeness (QED) is 0.629. The number of fused-ring (bicyclic) bond motifs is 1. The van der Waals surface area contributed by atoms with Gasteiger partial charge in [0, 0.05) is 31.7 Å². The second kappa shape index (κ2) is 8.53. The van der Waals surface area contributed by atoms with Gasteiger partial charge in [-0.1, -0.05) is 49.4 Å². The van der Waals surface area contributed by atoms with Crippen LogP contribution in [0.2, 0.25) is 0 Å². The predicted molar refractivity (Wildman–Crippen MR) is 111 cm³/mol. The second-order valence-corrected chi connectivity index (χ2v) is 7.80. The highest BCUT2D eigenvalue weighted by Crippen LogP contribution is 2.48. The standard InChI is InChI=1S/C23H29N3O3/c1-3-15-9-11-16(12-10-15)22-19-20(17-7-4-5-8-18(17)27)24-25-21(19)23(28)26(22)13-6-14-29-2/h4-5,7-12,19-22,24-25,27H,3,6,13-14H2,1-2H3. The molecule has 0 radical (unpaired) electrons. The molecule has 3 N–H and O–H groups in total. The predicted octanol–water partition coefficient (Wildman–Crippen LogP) is 2.71. The van der Waals surface area contributed by atoms with E-state index in [-0.39, 0.29) is 35.7 Å². The number of rotatable bonds is 7. The van der Waals surface area contributed by atoms with Crippen molar-refractivity contribution in [3.8, 4) is 5.75 Å². The number of aryl methyl sites for hydroxylation is 1. The number of benzene rings is 2. The third-order valence-electron chi connectivity index (χ3n) is 6.16. The van der Waals surface area contributed by atoms with Gasteiger partial charge in [0.05, 0.1) is 12.1 Å². The summed E-state index contributed by atoms with van der Waals surface area (Å²) in [5.74, 6) is 0.324. The largest absolute Gasteiger partial charge is 0.508 e. The fourth-order valence-electron chi connectivity index (χ4n) is 4.70. The van der Waals surface area contributed by atoms with E-state index in [9.17, 15) is 9.90 Å². The Hall–Kier alpha value is -2.41. The summed E-state index contributed by atoms with van der Waals surface area (Å²) < 4.78 is 5.21. The number of carbonyl (C=O) groups excluding carboxylic acids is 1. The molecule has 0 aliphatic carbocycles. The number of nitrogens with one attached hydrogen (secondary N) is 2. The Labute approximate surface area is 171 Å². The van der Waals surface area contributed by atoms with E-state index in [0.717, 1.165) is 24.0 Å². The Balaban J connectivity index is 1.72. The number of hydrogen-bond donors (Lipinski definition) is 3. The molecule has 0 bridgehead atoms. The number of amides is 1. The summed E-state index contributed by atoms with van der Waals surface area (Å²) in [5, 5.41) is 10.4. The van der Waals surface area contributed by atoms with Crippen molar-refractivity contribution in [1.82, 2.24) is 15.8 Å². The summed E-state index contributed by atoms with van der Waals surface area (Å²) in [6.07, 6.45) is 1.77. The van der Waals surface area contributed by atoms with Crippen molar-refractivity contribution in [3.63, 3.8) is 0 Å². The zero-order valence-electron chi connectivity index (χ0n) is 17.0. The zero-order chi connectivity index (χ0) is 20.4. The minimum Gasteiger partial charge on any atom is -0.508 e. The molecule has 154 valence electrons. The number of carbonyl (C=O) groups is 1. The van der Waals surface area contributed by atoms with Crippen LogP contribution in [0.15, 0.2) is 48.5 Å². The highest BCUT2D eigenvalue weighted by Gasteiger charge is 2.55. The monoisotopic (exact) mass is 395 g/mol. The van der Waals surface area contributed by atoms with Crippen LogP contribution in [0.1, 0.15) is 42.1 Å². The molecule has 2 saturated heterocycles. The molecule has 6 heteroatoms. The zero-order valence-corrected chi connectivity index (χ0v) is 17.0. The number of likely N-dealkylation sites (tertiary alicyclic amines) is 1. The molecule has 6 nitrogen and oxygen atoms in total. The number of hydrogen-bond acceptors (Lipinski definition) is 5. The van der Waals surface area contributed by atoms with Crippen molar-refractivity contribution in [2.24, 2.45) is 5.92 Å². The molecule has 4 rings (SSSR count). The number of ether oxygens (including phenoxy) is 1. The van der Waals surface area contributed by atoms with E-state index in [2.05, 4.69) is 42.0 Å². The van der Waals surface area contributed by atoms with E-state index in [0.29, 0.717) is 13.2 Å². The van der Waals surface area contributed by atoms with Crippen LogP contribution in [0.5, 0.6) is 5.75 Å². The molecular weight excluding hydrogens is 366 g/mol. The molecule has 2 fully saturated rings. The van der Waals surface area contributed by atoms with Crippen LogP contribution in [-0.2, 0) is 16.0 Å². The molecular formula is C23H29N3O3. The average molecular weight is 396 g/mol. The van der Waals surface area contributed by atoms with Gasteiger partial charge in [-0.25, -0.2) is 10.9 Å². The maximum absolute atomic E-state index is 13.3. The van der Waals surface area contributed by atoms with Crippen LogP contribution in [-0.4, -0.2) is 42.2 Å². The topological polar surface area (TPSA) is 73.8 Å². The van der Waals surface area contributed by atoms with Crippen molar-refractivity contribution in [2.75, 3.05) is 20.3 Å². The van der Waals surface area contributed by atoms with Crippen molar-refractivity contribution in [3.05, 3.63) is 65.2 Å². The Morgan fingerprint density at radius 2 is 1.79 bits per heavy atom. The molecule has 4 atom stereocenters. The molecule has 0 saturated carbocycles. The minimum absolute atomic E-state index is 0.0224. The van der Waals surface area contributed by atoms with Gasteiger partial charge < -0.3 is 14.7 Å². The SMILES string of the molecule is CCc1ccc(C2C3C(NNC3c3ccccc3O)C(=O)N2CCCOC)cc1. The van der Waals surface area contributed by atoms with E-state index < -0.39 is 0 Å². The maximum atomic E-state index is 13.3. The highest BCUT2D eigenvalue weighted by molar-refractivity contribution is 5.86. The van der Waals surface area contributed by atoms with Gasteiger partial charge >= 0.3 is 0 Å². The second-order valence-electron chi connectivity index (χ2n) is 7.80. The summed E-state index contributed by atoms with van der Waals surface area (Å²) in [6.45, 7) is 3.41. The first-order chi connectivity index (χ1) is 14.2. The first kappa shape index (κ1) is 19.9. The van der Waals surface area contributed by atoms with Crippen LogP contribution in [0, 0.1) is 5.92 Å². The first-order valence-electron chi connectivity index (χ1n) is 10.3. The lowest BCUT2D eigenvalue weighted by molar-refractivity contribution is -0.131. The molecule has 0 aromatic heterocycles. The number of phenolic OH excluding ortho intramolecular Hbond substituents is 1. The minimum atomic E-state index is -0.321. The molecule has 2 aromatic rings. The third-order valence-corrected chi connectivity index (χ3v) is 6.16. The summed E-state index contributed by atoms with van der Waals surface area (Å²) in [7, 11) is 1.68. The van der Waals surface area contributed by atoms with E-state index in [1.807, 2.05) is 23.1 Å². The van der Waals surface area contributed by atoms with Gasteiger partial charge in [-0.15, -0.1) is 0 Å². The highest BCUT2D eigenvalue weighted by atomic mass is 16.5. The number of para-hydroxylation sites is 1. The number of phenols is 1. The van der Waals surface area contributed by atoms with Gasteiger partial charge in [0.1, 0.15) is 11.8 Å². The lowest BCUT2D eigenvalue weighted by atomic mass is 9.83. The number of methoxy groups -OCH3 is 1. The average Bonchev–Trinajstić information content (AvgIpc) is 3.28. The summed E-state index contributed by atoms with van der Waals surface area (Å²) in [5.41, 5.74) is 9.70. The molecule has 2 heterocycles. The fraction of sp³-hybridized carbons (Fsp3) is 0.435. The van der Waals surface area contributed by atoms with Gasteiger partial charge in [0.25, 0.3) is 0 Å². The van der Waals surface area contributed by atoms with Crippen LogP contribution in [0.25, 0.3) is 0 Å². The van der Waals surface area contributed by atoms with E-state index in [1.165, 1.54) is 5.56 Å². The Morgan fingerprint density at radius 3 is 2.48 bits per heavy atom. The van der Waals surface area contributed by atoms with Gasteiger partial charge in [-0.05, 0) is 30.0 Å². The Kier molecular flexibility index (Phi) is 5.85. The Bertz CT molecular complexity index is 855. The van der Waals surface area contributed by atoms with E-state index in [4.69, 9.17) is 4.74 Å². The lowest BCUT2D eigenvalue weighted by Crippen LogP contribution is -2.41. The van der Waals surface area contributed by atoms with Crippen LogP contribution in [0.4, 0.5) is 0 Å². The third kappa shape index (κ3) is 3.64. The number of hydrazine groups is 1. The smallest absolute Gasteiger partial charge is 0.242 e. The van der Waals surface area contributed by atoms with Crippen LogP contribution in [0.3, 0.4) is 0 Å². The Morgan fingerprint density at radius 1 is 1.07 bits per heavy atom. The van der Waals surface area contributed by atoms with E-state index in [1.54, 1.807) is 13.2 Å². The van der Waals surface area contributed by atoms with Gasteiger partial charge in [0.15, 0.2) is 0 Å². The molecule has 2 aromatic carbocycles. The van der Waals surface area contributed by atoms with Gasteiger partial charge in [-0.2, -0.15) is 0 Å². The normalized spacial score (nSPS) is 26.1. The number of aromatic hydroxyl groups is 1. The fourth-order valence-corrected chi connectivity index (χ4v) is 4.70. The summed E-state index contributed by atoms with van der Waals surface area (Å²) in [4.78, 5) is 15.3. The molecule has 2 aliphatic heterocycles. The van der Waals surface area contributed by atoms with Gasteiger partial charge in [-0.3, -0.25) is 4.79 Å². The first-order valence-corrected chi connectivity index (χ1v) is 10.3. The molecule has 4 unspecified atom stereocenters. The molecule has 1 amide bonds.